The van der Waals surface area contributed by atoms with E-state index < -0.39 is 21.7 Å². The molecule has 1 spiro atoms. The Labute approximate surface area is 265 Å². The Kier molecular flexibility index (Phi) is 9.09. The molecule has 8 nitrogen and oxygen atoms in total. The van der Waals surface area contributed by atoms with Crippen molar-refractivity contribution in [2.45, 2.75) is 69.8 Å². The van der Waals surface area contributed by atoms with Crippen LogP contribution in [-0.4, -0.2) is 54.7 Å². The third kappa shape index (κ3) is 6.28. The maximum absolute atomic E-state index is 13.8. The second-order valence-corrected chi connectivity index (χ2v) is 15.2. The van der Waals surface area contributed by atoms with E-state index >= 15 is 0 Å². The Bertz CT molecular complexity index is 1580. The molecule has 1 saturated carbocycles. The van der Waals surface area contributed by atoms with Crippen molar-refractivity contribution in [3.63, 3.8) is 0 Å². The Morgan fingerprint density at radius 2 is 2.09 bits per heavy atom. The highest BCUT2D eigenvalue weighted by molar-refractivity contribution is 7.92. The zero-order valence-corrected chi connectivity index (χ0v) is 27.1. The van der Waals surface area contributed by atoms with E-state index in [0.29, 0.717) is 36.8 Å². The molecule has 2 aliphatic heterocycles. The number of fused-ring (bicyclic) bond motifs is 4. The van der Waals surface area contributed by atoms with Gasteiger partial charge in [0.25, 0.3) is 5.91 Å². The first-order valence-corrected chi connectivity index (χ1v) is 17.9. The molecule has 1 fully saturated rings. The van der Waals surface area contributed by atoms with Gasteiger partial charge < -0.3 is 14.4 Å². The summed E-state index contributed by atoms with van der Waals surface area (Å²) in [5.74, 6) is 0.603. The Morgan fingerprint density at radius 3 is 2.86 bits per heavy atom. The van der Waals surface area contributed by atoms with E-state index in [9.17, 15) is 13.8 Å². The van der Waals surface area contributed by atoms with Crippen LogP contribution in [0.2, 0.25) is 5.02 Å². The molecule has 2 amide bonds. The molecule has 1 N–H and O–H groups in total. The van der Waals surface area contributed by atoms with Gasteiger partial charge in [0.15, 0.2) is 0 Å². The van der Waals surface area contributed by atoms with E-state index in [-0.39, 0.29) is 23.7 Å². The molecule has 4 aliphatic rings. The molecule has 10 heteroatoms. The van der Waals surface area contributed by atoms with Crippen molar-refractivity contribution in [1.82, 2.24) is 4.72 Å². The first-order valence-electron chi connectivity index (χ1n) is 15.8. The summed E-state index contributed by atoms with van der Waals surface area (Å²) in [5.41, 5.74) is 3.50. The molecule has 2 bridgehead atoms. The van der Waals surface area contributed by atoms with Crippen molar-refractivity contribution in [3.05, 3.63) is 70.3 Å². The van der Waals surface area contributed by atoms with Crippen LogP contribution in [0.25, 0.3) is 0 Å². The number of amides is 2. The highest BCUT2D eigenvalue weighted by Crippen LogP contribution is 2.47. The molecule has 2 aromatic rings. The number of nitrogens with zero attached hydrogens (tertiary/aromatic N) is 2. The van der Waals surface area contributed by atoms with Gasteiger partial charge in [-0.1, -0.05) is 36.7 Å². The lowest BCUT2D eigenvalue weighted by atomic mass is 9.68. The molecule has 6 rings (SSSR count). The largest absolute Gasteiger partial charge is 0.490 e. The fourth-order valence-electron chi connectivity index (χ4n) is 7.36. The standard InChI is InChI=1S/C34H42ClN3O5S/c1-3-32(39)36-44(41)17-6-4-5-9-30(42-2)27-13-10-25(27)20-38-21-34(16-7-8-23-18-26(35)12-14-28(23)34)22-43-31-15-11-24(19-29(31)38)33(40)37-44/h5,9,11-12,14-15,18-19,25,27,30H,3-4,6-8,10,13,16-17,20-22H2,1-2H3,(H,36,37,39,40,41)/b9-5-/t25-,27+,30-,34-,44?/m0/s1. The number of hydrogen-bond donors (Lipinski definition) is 1. The van der Waals surface area contributed by atoms with Crippen molar-refractivity contribution in [1.29, 1.82) is 0 Å². The van der Waals surface area contributed by atoms with E-state index in [4.69, 9.17) is 21.1 Å². The first kappa shape index (κ1) is 31.1. The second-order valence-electron chi connectivity index (χ2n) is 12.7. The Hall–Kier alpha value is -2.88. The molecular formula is C34H42ClN3O5S. The summed E-state index contributed by atoms with van der Waals surface area (Å²) in [4.78, 5) is 28.3. The average Bonchev–Trinajstić information content (AvgIpc) is 3.14. The molecule has 1 unspecified atom stereocenters. The molecule has 5 atom stereocenters. The van der Waals surface area contributed by atoms with E-state index in [0.717, 1.165) is 61.7 Å². The summed E-state index contributed by atoms with van der Waals surface area (Å²) in [6, 6.07) is 11.6. The Morgan fingerprint density at radius 1 is 1.23 bits per heavy atom. The van der Waals surface area contributed by atoms with Gasteiger partial charge >= 0.3 is 0 Å². The smallest absolute Gasteiger partial charge is 0.286 e. The lowest BCUT2D eigenvalue weighted by Crippen LogP contribution is -2.49. The second kappa shape index (κ2) is 12.9. The van der Waals surface area contributed by atoms with Crippen molar-refractivity contribution in [2.24, 2.45) is 16.2 Å². The summed E-state index contributed by atoms with van der Waals surface area (Å²) in [5, 5.41) is 0.748. The van der Waals surface area contributed by atoms with Crippen molar-refractivity contribution in [3.8, 4) is 5.75 Å². The van der Waals surface area contributed by atoms with Crippen LogP contribution in [0.1, 0.15) is 73.4 Å². The molecule has 236 valence electrons. The highest BCUT2D eigenvalue weighted by Gasteiger charge is 2.44. The number of ether oxygens (including phenoxy) is 2. The Balaban J connectivity index is 1.44. The third-order valence-corrected chi connectivity index (χ3v) is 11.9. The number of aryl methyl sites for hydroxylation is 1. The molecule has 2 aromatic carbocycles. The van der Waals surface area contributed by atoms with Crippen LogP contribution < -0.4 is 14.4 Å². The maximum Gasteiger partial charge on any atom is 0.286 e. The average molecular weight is 640 g/mol. The van der Waals surface area contributed by atoms with Crippen molar-refractivity contribution < 1.29 is 23.3 Å². The van der Waals surface area contributed by atoms with Gasteiger partial charge in [0.05, 0.1) is 24.2 Å². The number of methoxy groups -OCH3 is 1. The minimum Gasteiger partial charge on any atom is -0.490 e. The van der Waals surface area contributed by atoms with Crippen LogP contribution in [0.4, 0.5) is 5.69 Å². The lowest BCUT2D eigenvalue weighted by molar-refractivity contribution is -0.118. The van der Waals surface area contributed by atoms with E-state index in [2.05, 4.69) is 38.3 Å². The van der Waals surface area contributed by atoms with Crippen LogP contribution in [0.5, 0.6) is 5.75 Å². The number of allylic oxidation sites excluding steroid dienone is 1. The van der Waals surface area contributed by atoms with Gasteiger partial charge in [-0.15, -0.1) is 4.36 Å². The number of rotatable bonds is 3. The molecule has 2 aliphatic carbocycles. The number of nitrogens with one attached hydrogen (secondary N) is 1. The normalized spacial score (nSPS) is 30.9. The number of carbonyl (C=O) groups is 2. The van der Waals surface area contributed by atoms with E-state index in [1.54, 1.807) is 20.1 Å². The summed E-state index contributed by atoms with van der Waals surface area (Å²) < 4.78 is 33.1. The molecule has 0 radical (unpaired) electrons. The van der Waals surface area contributed by atoms with Gasteiger partial charge in [-0.3, -0.25) is 14.3 Å². The molecule has 0 saturated heterocycles. The van der Waals surface area contributed by atoms with Crippen LogP contribution in [-0.2, 0) is 31.3 Å². The van der Waals surface area contributed by atoms with E-state index in [1.165, 1.54) is 11.1 Å². The number of anilines is 1. The molecule has 44 heavy (non-hydrogen) atoms. The summed E-state index contributed by atoms with van der Waals surface area (Å²) in [7, 11) is -1.54. The number of hydrogen-bond acceptors (Lipinski definition) is 6. The minimum atomic E-state index is -3.30. The summed E-state index contributed by atoms with van der Waals surface area (Å²) >= 11 is 6.42. The van der Waals surface area contributed by atoms with Crippen LogP contribution in [0.3, 0.4) is 0 Å². The molecule has 0 aromatic heterocycles. The lowest BCUT2D eigenvalue weighted by Gasteiger charge is -2.46. The fourth-order valence-corrected chi connectivity index (χ4v) is 9.23. The minimum absolute atomic E-state index is 0.0161. The number of halogens is 1. The quantitative estimate of drug-likeness (QED) is 0.399. The SMILES string of the molecule is CCC(=O)NS1(=O)=NC(=O)c2ccc3c(c2)N(C[C@@H]2CC[C@H]2[C@@H](OC)/C=C\CCC1)C[C@@]1(CCCc2cc(Cl)ccc21)CO3. The van der Waals surface area contributed by atoms with Gasteiger partial charge in [0.1, 0.15) is 15.7 Å². The van der Waals surface area contributed by atoms with Crippen LogP contribution >= 0.6 is 11.6 Å². The fraction of sp³-hybridized carbons (Fsp3) is 0.529. The van der Waals surface area contributed by atoms with Crippen LogP contribution in [0.15, 0.2) is 52.9 Å². The summed E-state index contributed by atoms with van der Waals surface area (Å²) in [6.07, 6.45) is 10.7. The van der Waals surface area contributed by atoms with Gasteiger partial charge in [0, 0.05) is 42.6 Å². The van der Waals surface area contributed by atoms with Gasteiger partial charge in [-0.2, -0.15) is 0 Å². The third-order valence-electron chi connectivity index (χ3n) is 9.85. The van der Waals surface area contributed by atoms with Crippen molar-refractivity contribution in [2.75, 3.05) is 37.5 Å². The van der Waals surface area contributed by atoms with E-state index in [1.807, 2.05) is 18.2 Å². The molecule has 2 heterocycles. The first-order chi connectivity index (χ1) is 21.2. The van der Waals surface area contributed by atoms with Gasteiger partial charge in [-0.05, 0) is 98.2 Å². The molecular weight excluding hydrogens is 598 g/mol. The van der Waals surface area contributed by atoms with Gasteiger partial charge in [0.2, 0.25) is 5.91 Å². The summed E-state index contributed by atoms with van der Waals surface area (Å²) in [6.45, 7) is 3.75. The highest BCUT2D eigenvalue weighted by atomic mass is 35.5. The topological polar surface area (TPSA) is 97.3 Å². The monoisotopic (exact) mass is 639 g/mol. The van der Waals surface area contributed by atoms with Crippen molar-refractivity contribution >= 4 is 39.0 Å². The predicted molar refractivity (Wildman–Crippen MR) is 174 cm³/mol. The van der Waals surface area contributed by atoms with Crippen LogP contribution in [0, 0.1) is 11.8 Å². The number of benzene rings is 2. The van der Waals surface area contributed by atoms with Gasteiger partial charge in [-0.25, -0.2) is 4.21 Å². The zero-order valence-electron chi connectivity index (χ0n) is 25.6. The zero-order chi connectivity index (χ0) is 30.9. The maximum atomic E-state index is 13.8. The number of carbonyl (C=O) groups excluding carboxylic acids is 2. The predicted octanol–water partition coefficient (Wildman–Crippen LogP) is 6.25.